The van der Waals surface area contributed by atoms with Crippen molar-refractivity contribution in [2.75, 3.05) is 26.2 Å². The third kappa shape index (κ3) is 4.31. The van der Waals surface area contributed by atoms with Gasteiger partial charge in [0.2, 0.25) is 15.9 Å². The highest BCUT2D eigenvalue weighted by molar-refractivity contribution is 7.89. The van der Waals surface area contributed by atoms with Gasteiger partial charge in [0.25, 0.3) is 0 Å². The molecule has 1 aliphatic rings. The van der Waals surface area contributed by atoms with Gasteiger partial charge in [0.1, 0.15) is 4.90 Å². The molecule has 1 aliphatic heterocycles. The molecule has 0 saturated carbocycles. The molecule has 0 atom stereocenters. The molecule has 0 N–H and O–H groups in total. The van der Waals surface area contributed by atoms with Gasteiger partial charge < -0.3 is 4.90 Å². The Morgan fingerprint density at radius 3 is 2.58 bits per heavy atom. The molecule has 0 spiro atoms. The van der Waals surface area contributed by atoms with E-state index in [1.165, 1.54) is 21.4 Å². The van der Waals surface area contributed by atoms with E-state index >= 15 is 0 Å². The summed E-state index contributed by atoms with van der Waals surface area (Å²) in [6.45, 7) is 1.74. The number of hydrogen-bond donors (Lipinski definition) is 0. The quantitative estimate of drug-likeness (QED) is 0.788. The Kier molecular flexibility index (Phi) is 5.73. The lowest BCUT2D eigenvalue weighted by atomic mass is 10.1. The molecule has 0 bridgehead atoms. The number of aromatic nitrogens is 2. The third-order valence-electron chi connectivity index (χ3n) is 4.60. The first kappa shape index (κ1) is 18.6. The summed E-state index contributed by atoms with van der Waals surface area (Å²) in [4.78, 5) is 14.5. The fraction of sp³-hybridized carbons (Fsp3) is 0.444. The second-order valence-electron chi connectivity index (χ2n) is 6.47. The van der Waals surface area contributed by atoms with Crippen molar-refractivity contribution in [2.24, 2.45) is 7.05 Å². The zero-order valence-electron chi connectivity index (χ0n) is 14.9. The Balaban J connectivity index is 1.58. The largest absolute Gasteiger partial charge is 0.341 e. The molecular weight excluding hydrogens is 352 g/mol. The van der Waals surface area contributed by atoms with Crippen LogP contribution < -0.4 is 0 Å². The van der Waals surface area contributed by atoms with Crippen molar-refractivity contribution in [2.45, 2.75) is 24.2 Å². The molecule has 1 fully saturated rings. The minimum absolute atomic E-state index is 0.0782. The Bertz CT molecular complexity index is 848. The van der Waals surface area contributed by atoms with Crippen molar-refractivity contribution in [1.82, 2.24) is 19.0 Å². The number of rotatable bonds is 5. The number of carbonyl (C=O) groups is 1. The van der Waals surface area contributed by atoms with E-state index in [0.717, 1.165) is 5.56 Å². The van der Waals surface area contributed by atoms with Gasteiger partial charge in [0, 0.05) is 45.8 Å². The molecule has 1 aromatic heterocycles. The molecule has 3 rings (SSSR count). The standard InChI is InChI=1S/C18H24N4O3S/c1-20-15-17(14-19-20)26(24,25)22-11-5-10-21(12-13-22)18(23)9-8-16-6-3-2-4-7-16/h2-4,6-7,14-15H,5,8-13H2,1H3. The van der Waals surface area contributed by atoms with Crippen molar-refractivity contribution in [1.29, 1.82) is 0 Å². The van der Waals surface area contributed by atoms with Gasteiger partial charge in [-0.05, 0) is 18.4 Å². The van der Waals surface area contributed by atoms with Gasteiger partial charge in [-0.2, -0.15) is 9.40 Å². The number of sulfonamides is 1. The predicted octanol–water partition coefficient (Wildman–Crippen LogP) is 1.28. The van der Waals surface area contributed by atoms with E-state index in [-0.39, 0.29) is 10.8 Å². The van der Waals surface area contributed by atoms with E-state index in [0.29, 0.717) is 45.4 Å². The highest BCUT2D eigenvalue weighted by atomic mass is 32.2. The van der Waals surface area contributed by atoms with Crippen LogP contribution in [0.3, 0.4) is 0 Å². The molecule has 7 nitrogen and oxygen atoms in total. The summed E-state index contributed by atoms with van der Waals surface area (Å²) in [6, 6.07) is 9.91. The highest BCUT2D eigenvalue weighted by Gasteiger charge is 2.29. The molecule has 2 heterocycles. The topological polar surface area (TPSA) is 75.5 Å². The maximum atomic E-state index is 12.7. The number of aryl methyl sites for hydroxylation is 2. The maximum absolute atomic E-state index is 12.7. The van der Waals surface area contributed by atoms with Crippen LogP contribution in [0.2, 0.25) is 0 Å². The summed E-state index contributed by atoms with van der Waals surface area (Å²) in [5, 5.41) is 3.94. The van der Waals surface area contributed by atoms with Crippen molar-refractivity contribution < 1.29 is 13.2 Å². The van der Waals surface area contributed by atoms with Gasteiger partial charge in [0.05, 0.1) is 6.20 Å². The van der Waals surface area contributed by atoms with Crippen molar-refractivity contribution in [3.05, 3.63) is 48.3 Å². The van der Waals surface area contributed by atoms with Crippen LogP contribution in [0.4, 0.5) is 0 Å². The van der Waals surface area contributed by atoms with Gasteiger partial charge >= 0.3 is 0 Å². The number of amides is 1. The summed E-state index contributed by atoms with van der Waals surface area (Å²) in [5.74, 6) is 0.0782. The van der Waals surface area contributed by atoms with E-state index in [2.05, 4.69) is 5.10 Å². The molecule has 1 saturated heterocycles. The first-order valence-corrected chi connectivity index (χ1v) is 10.2. The van der Waals surface area contributed by atoms with E-state index in [9.17, 15) is 13.2 Å². The smallest absolute Gasteiger partial charge is 0.246 e. The summed E-state index contributed by atoms with van der Waals surface area (Å²) in [5.41, 5.74) is 1.14. The van der Waals surface area contributed by atoms with E-state index < -0.39 is 10.0 Å². The van der Waals surface area contributed by atoms with E-state index in [1.807, 2.05) is 30.3 Å². The SMILES string of the molecule is Cn1cc(S(=O)(=O)N2CCCN(C(=O)CCc3ccccc3)CC2)cn1. The highest BCUT2D eigenvalue weighted by Crippen LogP contribution is 2.17. The first-order chi connectivity index (χ1) is 12.5. The fourth-order valence-corrected chi connectivity index (χ4v) is 4.57. The molecule has 140 valence electrons. The normalized spacial score (nSPS) is 16.4. The molecule has 0 radical (unpaired) electrons. The van der Waals surface area contributed by atoms with Gasteiger partial charge in [-0.1, -0.05) is 30.3 Å². The van der Waals surface area contributed by atoms with Gasteiger partial charge in [-0.3, -0.25) is 9.48 Å². The minimum Gasteiger partial charge on any atom is -0.341 e. The summed E-state index contributed by atoms with van der Waals surface area (Å²) >= 11 is 0. The van der Waals surface area contributed by atoms with Crippen LogP contribution in [0.25, 0.3) is 0 Å². The van der Waals surface area contributed by atoms with Crippen molar-refractivity contribution in [3.8, 4) is 0 Å². The average molecular weight is 376 g/mol. The average Bonchev–Trinajstić information content (AvgIpc) is 2.93. The van der Waals surface area contributed by atoms with Gasteiger partial charge in [-0.25, -0.2) is 8.42 Å². The summed E-state index contributed by atoms with van der Waals surface area (Å²) in [6.07, 6.45) is 4.65. The van der Waals surface area contributed by atoms with Gasteiger partial charge in [0.15, 0.2) is 0 Å². The first-order valence-electron chi connectivity index (χ1n) is 8.77. The molecule has 0 aliphatic carbocycles. The maximum Gasteiger partial charge on any atom is 0.246 e. The predicted molar refractivity (Wildman–Crippen MR) is 97.9 cm³/mol. The molecule has 0 unspecified atom stereocenters. The number of benzene rings is 1. The van der Waals surface area contributed by atoms with Crippen LogP contribution in [-0.4, -0.2) is 59.5 Å². The molecule has 2 aromatic rings. The van der Waals surface area contributed by atoms with Crippen molar-refractivity contribution in [3.63, 3.8) is 0 Å². The molecule has 8 heteroatoms. The summed E-state index contributed by atoms with van der Waals surface area (Å²) in [7, 11) is -1.87. The zero-order chi connectivity index (χ0) is 18.6. The lowest BCUT2D eigenvalue weighted by Gasteiger charge is -2.21. The third-order valence-corrected chi connectivity index (χ3v) is 6.45. The van der Waals surface area contributed by atoms with Crippen LogP contribution in [0.1, 0.15) is 18.4 Å². The van der Waals surface area contributed by atoms with Crippen LogP contribution in [0.15, 0.2) is 47.6 Å². The molecule has 1 aromatic carbocycles. The molecule has 26 heavy (non-hydrogen) atoms. The fourth-order valence-electron chi connectivity index (χ4n) is 3.12. The summed E-state index contributed by atoms with van der Waals surface area (Å²) < 4.78 is 28.3. The van der Waals surface area contributed by atoms with Crippen LogP contribution >= 0.6 is 0 Å². The monoisotopic (exact) mass is 376 g/mol. The van der Waals surface area contributed by atoms with E-state index in [1.54, 1.807) is 11.9 Å². The second kappa shape index (κ2) is 8.01. The Labute approximate surface area is 154 Å². The zero-order valence-corrected chi connectivity index (χ0v) is 15.7. The lowest BCUT2D eigenvalue weighted by Crippen LogP contribution is -2.37. The van der Waals surface area contributed by atoms with Crippen molar-refractivity contribution >= 4 is 15.9 Å². The molecular formula is C18H24N4O3S. The second-order valence-corrected chi connectivity index (χ2v) is 8.41. The number of carbonyl (C=O) groups excluding carboxylic acids is 1. The Morgan fingerprint density at radius 1 is 1.12 bits per heavy atom. The minimum atomic E-state index is -3.56. The number of nitrogens with zero attached hydrogens (tertiary/aromatic N) is 4. The van der Waals surface area contributed by atoms with E-state index in [4.69, 9.17) is 0 Å². The Hall–Kier alpha value is -2.19. The molecule has 1 amide bonds. The van der Waals surface area contributed by atoms with Gasteiger partial charge in [-0.15, -0.1) is 0 Å². The Morgan fingerprint density at radius 2 is 1.88 bits per heavy atom. The lowest BCUT2D eigenvalue weighted by molar-refractivity contribution is -0.131. The van der Waals surface area contributed by atoms with Crippen LogP contribution in [0.5, 0.6) is 0 Å². The van der Waals surface area contributed by atoms with Crippen LogP contribution in [-0.2, 0) is 28.3 Å². The number of hydrogen-bond acceptors (Lipinski definition) is 4. The van der Waals surface area contributed by atoms with Crippen LogP contribution in [0, 0.1) is 0 Å².